The fourth-order valence-corrected chi connectivity index (χ4v) is 1.28. The maximum Gasteiger partial charge on any atom is 0.234 e. The molecule has 0 saturated carbocycles. The second kappa shape index (κ2) is 4.94. The second-order valence-corrected chi connectivity index (χ2v) is 5.04. The molecule has 0 aromatic rings. The van der Waals surface area contributed by atoms with Crippen LogP contribution in [-0.4, -0.2) is 26.2 Å². The Bertz CT molecular complexity index is 154. The van der Waals surface area contributed by atoms with Crippen molar-refractivity contribution in [1.82, 2.24) is 4.31 Å². The van der Waals surface area contributed by atoms with E-state index in [-0.39, 0.29) is 5.41 Å². The molecule has 3 nitrogen and oxygen atoms in total. The number of nitrogens with zero attached hydrogens (tertiary/aromatic N) is 1. The van der Waals surface area contributed by atoms with Crippen molar-refractivity contribution in [3.63, 3.8) is 0 Å². The van der Waals surface area contributed by atoms with Gasteiger partial charge < -0.3 is 0 Å². The van der Waals surface area contributed by atoms with Crippen LogP contribution in [0.3, 0.4) is 0 Å². The Morgan fingerprint density at radius 2 is 1.92 bits per heavy atom. The van der Waals surface area contributed by atoms with Crippen molar-refractivity contribution < 1.29 is 8.76 Å². The molecule has 0 aromatic heterocycles. The Hall–Kier alpha value is 0.0700. The van der Waals surface area contributed by atoms with E-state index in [4.69, 9.17) is 4.55 Å². The van der Waals surface area contributed by atoms with Crippen LogP contribution in [0.2, 0.25) is 0 Å². The third kappa shape index (κ3) is 5.69. The lowest BCUT2D eigenvalue weighted by molar-refractivity contribution is 0.312. The molecular weight excluding hydrogens is 174 g/mol. The molecule has 1 N–H and O–H groups in total. The van der Waals surface area contributed by atoms with E-state index in [2.05, 4.69) is 20.8 Å². The van der Waals surface area contributed by atoms with Crippen LogP contribution in [0.4, 0.5) is 0 Å². The van der Waals surface area contributed by atoms with Gasteiger partial charge in [0.25, 0.3) is 0 Å². The molecule has 1 unspecified atom stereocenters. The quantitative estimate of drug-likeness (QED) is 0.693. The standard InChI is InChI=1S/C8H19NO2S/c1-5-9(12(10)11)7-6-8(2,3)4/h5-7H2,1-4H3,(H,10,11). The van der Waals surface area contributed by atoms with E-state index in [1.807, 2.05) is 6.92 Å². The summed E-state index contributed by atoms with van der Waals surface area (Å²) >= 11 is -1.80. The molecule has 0 aromatic carbocycles. The van der Waals surface area contributed by atoms with Gasteiger partial charge in [0.2, 0.25) is 11.3 Å². The maximum atomic E-state index is 10.7. The Morgan fingerprint density at radius 1 is 1.42 bits per heavy atom. The third-order valence-corrected chi connectivity index (χ3v) is 2.57. The van der Waals surface area contributed by atoms with E-state index in [0.717, 1.165) is 6.42 Å². The zero-order valence-electron chi connectivity index (χ0n) is 8.33. The van der Waals surface area contributed by atoms with Crippen LogP contribution in [0.5, 0.6) is 0 Å². The maximum absolute atomic E-state index is 10.7. The first kappa shape index (κ1) is 12.1. The lowest BCUT2D eigenvalue weighted by Crippen LogP contribution is -2.28. The zero-order valence-corrected chi connectivity index (χ0v) is 9.15. The lowest BCUT2D eigenvalue weighted by atomic mass is 9.92. The summed E-state index contributed by atoms with van der Waals surface area (Å²) in [5.41, 5.74) is 0.229. The summed E-state index contributed by atoms with van der Waals surface area (Å²) in [4.78, 5) is 0. The van der Waals surface area contributed by atoms with Gasteiger partial charge >= 0.3 is 0 Å². The lowest BCUT2D eigenvalue weighted by Gasteiger charge is -2.22. The average Bonchev–Trinajstić information content (AvgIpc) is 1.85. The third-order valence-electron chi connectivity index (χ3n) is 1.68. The highest BCUT2D eigenvalue weighted by molar-refractivity contribution is 7.76. The van der Waals surface area contributed by atoms with Crippen LogP contribution in [0.15, 0.2) is 0 Å². The van der Waals surface area contributed by atoms with E-state index >= 15 is 0 Å². The van der Waals surface area contributed by atoms with Crippen molar-refractivity contribution in [3.8, 4) is 0 Å². The van der Waals surface area contributed by atoms with Gasteiger partial charge in [-0.3, -0.25) is 4.55 Å². The molecule has 12 heavy (non-hydrogen) atoms. The Kier molecular flexibility index (Phi) is 4.97. The highest BCUT2D eigenvalue weighted by atomic mass is 32.2. The average molecular weight is 193 g/mol. The molecule has 0 radical (unpaired) electrons. The minimum atomic E-state index is -1.80. The molecule has 0 fully saturated rings. The molecule has 4 heteroatoms. The second-order valence-electron chi connectivity index (χ2n) is 4.06. The van der Waals surface area contributed by atoms with Crippen LogP contribution in [0.25, 0.3) is 0 Å². The largest absolute Gasteiger partial charge is 0.294 e. The first-order valence-corrected chi connectivity index (χ1v) is 5.29. The number of rotatable bonds is 4. The predicted octanol–water partition coefficient (Wildman–Crippen LogP) is 1.88. The van der Waals surface area contributed by atoms with Crippen molar-refractivity contribution in [2.45, 2.75) is 34.1 Å². The Balaban J connectivity index is 3.81. The summed E-state index contributed by atoms with van der Waals surface area (Å²) in [6.45, 7) is 9.57. The van der Waals surface area contributed by atoms with Gasteiger partial charge in [-0.25, -0.2) is 8.51 Å². The van der Waals surface area contributed by atoms with Gasteiger partial charge in [0.1, 0.15) is 0 Å². The molecule has 0 saturated heterocycles. The Morgan fingerprint density at radius 3 is 2.17 bits per heavy atom. The van der Waals surface area contributed by atoms with Crippen molar-refractivity contribution >= 4 is 11.3 Å². The number of hydrogen-bond acceptors (Lipinski definition) is 1. The highest BCUT2D eigenvalue weighted by Crippen LogP contribution is 2.18. The predicted molar refractivity (Wildman–Crippen MR) is 52.1 cm³/mol. The highest BCUT2D eigenvalue weighted by Gasteiger charge is 2.14. The Labute approximate surface area is 77.6 Å². The monoisotopic (exact) mass is 193 g/mol. The van der Waals surface area contributed by atoms with E-state index in [9.17, 15) is 4.21 Å². The van der Waals surface area contributed by atoms with Crippen molar-refractivity contribution in [2.75, 3.05) is 13.1 Å². The van der Waals surface area contributed by atoms with E-state index in [1.54, 1.807) is 4.31 Å². The van der Waals surface area contributed by atoms with Crippen molar-refractivity contribution in [3.05, 3.63) is 0 Å². The molecule has 74 valence electrons. The molecule has 0 heterocycles. The van der Waals surface area contributed by atoms with Crippen LogP contribution < -0.4 is 0 Å². The number of hydrogen-bond donors (Lipinski definition) is 1. The first-order chi connectivity index (χ1) is 5.37. The topological polar surface area (TPSA) is 40.5 Å². The summed E-state index contributed by atoms with van der Waals surface area (Å²) in [5.74, 6) is 0. The smallest absolute Gasteiger partial charge is 0.234 e. The molecule has 0 aliphatic heterocycles. The zero-order chi connectivity index (χ0) is 9.78. The fourth-order valence-electron chi connectivity index (χ4n) is 0.807. The van der Waals surface area contributed by atoms with Gasteiger partial charge in [-0.15, -0.1) is 0 Å². The SMILES string of the molecule is CCN(CCC(C)(C)C)S(=O)O. The van der Waals surface area contributed by atoms with E-state index in [0.29, 0.717) is 13.1 Å². The van der Waals surface area contributed by atoms with Crippen molar-refractivity contribution in [2.24, 2.45) is 5.41 Å². The summed E-state index contributed by atoms with van der Waals surface area (Å²) in [5, 5.41) is 0. The van der Waals surface area contributed by atoms with Crippen molar-refractivity contribution in [1.29, 1.82) is 0 Å². The van der Waals surface area contributed by atoms with Crippen LogP contribution >= 0.6 is 0 Å². The minimum absolute atomic E-state index is 0.229. The van der Waals surface area contributed by atoms with E-state index < -0.39 is 11.3 Å². The van der Waals surface area contributed by atoms with E-state index in [1.165, 1.54) is 0 Å². The summed E-state index contributed by atoms with van der Waals surface area (Å²) in [6, 6.07) is 0. The molecule has 0 aliphatic carbocycles. The molecule has 0 spiro atoms. The van der Waals surface area contributed by atoms with Crippen LogP contribution in [0, 0.1) is 5.41 Å². The minimum Gasteiger partial charge on any atom is -0.294 e. The molecule has 0 rings (SSSR count). The summed E-state index contributed by atoms with van der Waals surface area (Å²) in [7, 11) is 0. The summed E-state index contributed by atoms with van der Waals surface area (Å²) < 4.78 is 21.0. The van der Waals surface area contributed by atoms with Crippen LogP contribution in [0.1, 0.15) is 34.1 Å². The molecule has 0 bridgehead atoms. The fraction of sp³-hybridized carbons (Fsp3) is 1.00. The van der Waals surface area contributed by atoms with Gasteiger partial charge in [-0.05, 0) is 11.8 Å². The first-order valence-electron chi connectivity index (χ1n) is 4.22. The van der Waals surface area contributed by atoms with Gasteiger partial charge in [-0.1, -0.05) is 27.7 Å². The molecule has 0 aliphatic rings. The van der Waals surface area contributed by atoms with Gasteiger partial charge in [0, 0.05) is 13.1 Å². The molecule has 0 amide bonds. The molecule has 1 atom stereocenters. The molecular formula is C8H19NO2S. The van der Waals surface area contributed by atoms with Gasteiger partial charge in [-0.2, -0.15) is 0 Å². The van der Waals surface area contributed by atoms with Gasteiger partial charge in [0.15, 0.2) is 0 Å². The van der Waals surface area contributed by atoms with Crippen LogP contribution in [-0.2, 0) is 11.3 Å². The normalized spacial score (nSPS) is 15.2. The summed E-state index contributed by atoms with van der Waals surface area (Å²) in [6.07, 6.45) is 0.938. The van der Waals surface area contributed by atoms with Gasteiger partial charge in [0.05, 0.1) is 0 Å².